The second-order valence-corrected chi connectivity index (χ2v) is 8.72. The first-order valence-electron chi connectivity index (χ1n) is 11.2. The molecule has 34 heavy (non-hydrogen) atoms. The van der Waals surface area contributed by atoms with E-state index in [1.807, 2.05) is 28.9 Å². The Morgan fingerprint density at radius 3 is 2.76 bits per heavy atom. The van der Waals surface area contributed by atoms with Gasteiger partial charge < -0.3 is 15.0 Å². The molecular formula is C24H24F2N6O2. The Morgan fingerprint density at radius 1 is 1.09 bits per heavy atom. The van der Waals surface area contributed by atoms with Crippen LogP contribution in [0.2, 0.25) is 0 Å². The standard InChI is InChI=1S/C24H24F2N6O2/c25-24(26)10-16(11-24)6-7-27-12-17-4-5-20-29-18(15-31(20)14-17)13-28-23(34)19-9-22(33)32-8-2-1-3-21(32)30-19/h1-5,8-9,14-16,27H,6-7,10-13H2,(H,28,34). The zero-order valence-corrected chi connectivity index (χ0v) is 18.4. The monoisotopic (exact) mass is 466 g/mol. The van der Waals surface area contributed by atoms with Gasteiger partial charge in [-0.3, -0.25) is 14.0 Å². The van der Waals surface area contributed by atoms with Gasteiger partial charge in [0.15, 0.2) is 0 Å². The number of hydrogen-bond donors (Lipinski definition) is 2. The zero-order valence-electron chi connectivity index (χ0n) is 18.4. The first-order valence-corrected chi connectivity index (χ1v) is 11.2. The number of rotatable bonds is 8. The Kier molecular flexibility index (Phi) is 5.82. The smallest absolute Gasteiger partial charge is 0.270 e. The van der Waals surface area contributed by atoms with Crippen molar-refractivity contribution in [3.63, 3.8) is 0 Å². The highest BCUT2D eigenvalue weighted by molar-refractivity contribution is 5.92. The van der Waals surface area contributed by atoms with E-state index in [1.165, 1.54) is 10.5 Å². The van der Waals surface area contributed by atoms with Crippen molar-refractivity contribution >= 4 is 17.2 Å². The van der Waals surface area contributed by atoms with Crippen molar-refractivity contribution in [2.45, 2.75) is 38.3 Å². The Bertz CT molecular complexity index is 1410. The molecule has 1 aliphatic carbocycles. The lowest BCUT2D eigenvalue weighted by Gasteiger charge is -2.34. The van der Waals surface area contributed by atoms with E-state index >= 15 is 0 Å². The van der Waals surface area contributed by atoms with Gasteiger partial charge in [-0.2, -0.15) is 0 Å². The molecule has 0 unspecified atom stereocenters. The summed E-state index contributed by atoms with van der Waals surface area (Å²) in [4.78, 5) is 33.5. The van der Waals surface area contributed by atoms with Crippen LogP contribution in [0.5, 0.6) is 0 Å². The molecule has 2 N–H and O–H groups in total. The molecule has 1 saturated carbocycles. The van der Waals surface area contributed by atoms with Gasteiger partial charge in [-0.25, -0.2) is 18.7 Å². The van der Waals surface area contributed by atoms with E-state index in [9.17, 15) is 18.4 Å². The molecule has 4 aromatic rings. The number of nitrogens with zero attached hydrogens (tertiary/aromatic N) is 4. The van der Waals surface area contributed by atoms with E-state index < -0.39 is 11.8 Å². The number of alkyl halides is 2. The first-order chi connectivity index (χ1) is 16.4. The van der Waals surface area contributed by atoms with Crippen LogP contribution in [-0.2, 0) is 13.1 Å². The lowest BCUT2D eigenvalue weighted by Crippen LogP contribution is -2.36. The fourth-order valence-electron chi connectivity index (χ4n) is 4.24. The summed E-state index contributed by atoms with van der Waals surface area (Å²) in [6.45, 7) is 1.52. The molecule has 0 spiro atoms. The van der Waals surface area contributed by atoms with Gasteiger partial charge in [-0.15, -0.1) is 0 Å². The van der Waals surface area contributed by atoms with Gasteiger partial charge in [0.2, 0.25) is 5.92 Å². The molecule has 0 aliphatic heterocycles. The summed E-state index contributed by atoms with van der Waals surface area (Å²) in [7, 11) is 0. The number of carbonyl (C=O) groups is 1. The molecule has 0 saturated heterocycles. The molecule has 1 aliphatic rings. The number of aromatic nitrogens is 4. The predicted octanol–water partition coefficient (Wildman–Crippen LogP) is 2.80. The fraction of sp³-hybridized carbons (Fsp3) is 0.333. The van der Waals surface area contributed by atoms with Crippen LogP contribution in [0, 0.1) is 5.92 Å². The highest BCUT2D eigenvalue weighted by Gasteiger charge is 2.44. The van der Waals surface area contributed by atoms with Crippen LogP contribution in [0.3, 0.4) is 0 Å². The van der Waals surface area contributed by atoms with E-state index in [1.54, 1.807) is 24.4 Å². The minimum Gasteiger partial charge on any atom is -0.345 e. The average molecular weight is 466 g/mol. The zero-order chi connectivity index (χ0) is 23.7. The van der Waals surface area contributed by atoms with Gasteiger partial charge in [0.05, 0.1) is 12.2 Å². The van der Waals surface area contributed by atoms with Crippen LogP contribution >= 0.6 is 0 Å². The lowest BCUT2D eigenvalue weighted by atomic mass is 9.79. The predicted molar refractivity (Wildman–Crippen MR) is 122 cm³/mol. The van der Waals surface area contributed by atoms with Crippen LogP contribution in [0.4, 0.5) is 8.78 Å². The van der Waals surface area contributed by atoms with Gasteiger partial charge in [-0.1, -0.05) is 12.1 Å². The van der Waals surface area contributed by atoms with Gasteiger partial charge in [0.25, 0.3) is 11.5 Å². The molecule has 0 aromatic carbocycles. The van der Waals surface area contributed by atoms with Gasteiger partial charge in [0.1, 0.15) is 17.0 Å². The fourth-order valence-corrected chi connectivity index (χ4v) is 4.24. The third kappa shape index (κ3) is 4.81. The van der Waals surface area contributed by atoms with Crippen LogP contribution < -0.4 is 16.2 Å². The molecular weight excluding hydrogens is 442 g/mol. The van der Waals surface area contributed by atoms with Crippen LogP contribution in [-0.4, -0.2) is 37.1 Å². The summed E-state index contributed by atoms with van der Waals surface area (Å²) < 4.78 is 29.1. The van der Waals surface area contributed by atoms with Crippen molar-refractivity contribution in [3.05, 3.63) is 82.3 Å². The number of imidazole rings is 1. The molecule has 1 fully saturated rings. The molecule has 0 radical (unpaired) electrons. The summed E-state index contributed by atoms with van der Waals surface area (Å²) in [6.07, 6.45) is 6.14. The second-order valence-electron chi connectivity index (χ2n) is 8.72. The largest absolute Gasteiger partial charge is 0.345 e. The van der Waals surface area contributed by atoms with Gasteiger partial charge in [0, 0.05) is 44.0 Å². The molecule has 0 atom stereocenters. The molecule has 4 aromatic heterocycles. The van der Waals surface area contributed by atoms with E-state index in [0.717, 1.165) is 17.6 Å². The van der Waals surface area contributed by atoms with Crippen LogP contribution in [0.25, 0.3) is 11.3 Å². The molecule has 4 heterocycles. The lowest BCUT2D eigenvalue weighted by molar-refractivity contribution is -0.111. The quantitative estimate of drug-likeness (QED) is 0.390. The third-order valence-electron chi connectivity index (χ3n) is 6.03. The van der Waals surface area contributed by atoms with Gasteiger partial charge in [-0.05, 0) is 42.6 Å². The van der Waals surface area contributed by atoms with Crippen molar-refractivity contribution in [2.75, 3.05) is 6.54 Å². The minimum absolute atomic E-state index is 0.00291. The van der Waals surface area contributed by atoms with Crippen molar-refractivity contribution in [2.24, 2.45) is 5.92 Å². The van der Waals surface area contributed by atoms with Crippen molar-refractivity contribution in [1.82, 2.24) is 29.4 Å². The molecule has 8 nitrogen and oxygen atoms in total. The van der Waals surface area contributed by atoms with E-state index in [0.29, 0.717) is 24.4 Å². The third-order valence-corrected chi connectivity index (χ3v) is 6.03. The van der Waals surface area contributed by atoms with Crippen molar-refractivity contribution in [3.8, 4) is 0 Å². The average Bonchev–Trinajstić information content (AvgIpc) is 3.21. The number of fused-ring (bicyclic) bond motifs is 2. The second kappa shape index (κ2) is 8.94. The number of nitrogens with one attached hydrogen (secondary N) is 2. The summed E-state index contributed by atoms with van der Waals surface area (Å²) in [5.41, 5.74) is 2.59. The van der Waals surface area contributed by atoms with E-state index in [4.69, 9.17) is 0 Å². The normalized spacial score (nSPS) is 15.5. The van der Waals surface area contributed by atoms with Crippen molar-refractivity contribution in [1.29, 1.82) is 0 Å². The molecule has 5 rings (SSSR count). The number of halogens is 2. The molecule has 1 amide bonds. The Hall–Kier alpha value is -3.66. The number of pyridine rings is 2. The maximum Gasteiger partial charge on any atom is 0.270 e. The highest BCUT2D eigenvalue weighted by Crippen LogP contribution is 2.43. The van der Waals surface area contributed by atoms with E-state index in [-0.39, 0.29) is 36.6 Å². The van der Waals surface area contributed by atoms with E-state index in [2.05, 4.69) is 20.6 Å². The van der Waals surface area contributed by atoms with Crippen LogP contribution in [0.15, 0.2) is 59.8 Å². The van der Waals surface area contributed by atoms with Crippen molar-refractivity contribution < 1.29 is 13.6 Å². The number of amides is 1. The Labute approximate surface area is 193 Å². The molecule has 0 bridgehead atoms. The Morgan fingerprint density at radius 2 is 1.94 bits per heavy atom. The summed E-state index contributed by atoms with van der Waals surface area (Å²) >= 11 is 0. The van der Waals surface area contributed by atoms with Crippen LogP contribution in [0.1, 0.15) is 41.0 Å². The number of hydrogen-bond acceptors (Lipinski definition) is 5. The summed E-state index contributed by atoms with van der Waals surface area (Å²) in [5, 5.41) is 6.07. The summed E-state index contributed by atoms with van der Waals surface area (Å²) in [6, 6.07) is 10.2. The van der Waals surface area contributed by atoms with Gasteiger partial charge >= 0.3 is 0 Å². The summed E-state index contributed by atoms with van der Waals surface area (Å²) in [5.74, 6) is -2.80. The Balaban J connectivity index is 1.16. The topological polar surface area (TPSA) is 92.8 Å². The maximum atomic E-state index is 12.9. The molecule has 176 valence electrons. The number of carbonyl (C=O) groups excluding carboxylic acids is 1. The molecule has 10 heteroatoms. The first kappa shape index (κ1) is 22.1. The maximum absolute atomic E-state index is 12.9. The highest BCUT2D eigenvalue weighted by atomic mass is 19.3. The SMILES string of the molecule is O=C(NCc1cn2cc(CNCCC3CC(F)(F)C3)ccc2n1)c1cc(=O)n2ccccc2n1. The minimum atomic E-state index is -2.46.